The van der Waals surface area contributed by atoms with Crippen LogP contribution in [0.1, 0.15) is 40.9 Å². The van der Waals surface area contributed by atoms with Crippen LogP contribution in [-0.4, -0.2) is 11.1 Å². The zero-order chi connectivity index (χ0) is 8.11. The second-order valence-corrected chi connectivity index (χ2v) is 3.66. The van der Waals surface area contributed by atoms with E-state index in [0.717, 1.165) is 19.3 Å². The second-order valence-electron chi connectivity index (χ2n) is 3.66. The Hall–Kier alpha value is -0.400. The Bertz CT molecular complexity index is 216. The zero-order valence-electron chi connectivity index (χ0n) is 7.59. The van der Waals surface area contributed by atoms with Gasteiger partial charge in [0.1, 0.15) is 0 Å². The number of hydrogen-bond acceptors (Lipinski definition) is 2. The lowest BCUT2D eigenvalue weighted by Crippen LogP contribution is -2.18. The third-order valence-electron chi connectivity index (χ3n) is 2.73. The summed E-state index contributed by atoms with van der Waals surface area (Å²) in [5.41, 5.74) is -0.245. The molecule has 0 spiro atoms. The molecule has 2 bridgehead atoms. The molecule has 0 saturated heterocycles. The molecule has 1 saturated carbocycles. The molecule has 0 aromatic carbocycles. The van der Waals surface area contributed by atoms with E-state index in [9.17, 15) is 0 Å². The first kappa shape index (κ1) is 5.28. The van der Waals surface area contributed by atoms with Crippen LogP contribution in [0.25, 0.3) is 0 Å². The molecule has 1 aliphatic carbocycles. The quantitative estimate of drug-likeness (QED) is 0.533. The fourth-order valence-electron chi connectivity index (χ4n) is 1.91. The van der Waals surface area contributed by atoms with Gasteiger partial charge in [0.25, 0.3) is 0 Å². The van der Waals surface area contributed by atoms with Crippen molar-refractivity contribution in [3.63, 3.8) is 0 Å². The van der Waals surface area contributed by atoms with Gasteiger partial charge in [-0.25, -0.2) is 0 Å². The normalized spacial score (nSPS) is 59.4. The van der Waals surface area contributed by atoms with Crippen molar-refractivity contribution < 1.29 is 1.37 Å². The molecule has 2 rings (SSSR count). The number of azo groups is 1. The van der Waals surface area contributed by atoms with Gasteiger partial charge in [-0.3, -0.25) is 0 Å². The Morgan fingerprint density at radius 3 is 2.50 bits per heavy atom. The van der Waals surface area contributed by atoms with Crippen LogP contribution in [0.15, 0.2) is 10.2 Å². The monoisotopic (exact) mass is 139 g/mol. The van der Waals surface area contributed by atoms with E-state index in [1.165, 1.54) is 0 Å². The summed E-state index contributed by atoms with van der Waals surface area (Å²) in [5, 5.41) is 8.44. The summed E-state index contributed by atoms with van der Waals surface area (Å²) in [6.45, 7) is 4.16. The van der Waals surface area contributed by atoms with E-state index < -0.39 is 0 Å². The van der Waals surface area contributed by atoms with Crippen LogP contribution < -0.4 is 0 Å². The van der Waals surface area contributed by atoms with E-state index in [-0.39, 0.29) is 17.5 Å². The molecular formula is C8H14N2. The zero-order valence-corrected chi connectivity index (χ0v) is 6.59. The molecule has 0 N–H and O–H groups in total. The molecule has 2 aliphatic rings. The molecule has 1 aliphatic heterocycles. The van der Waals surface area contributed by atoms with Crippen molar-refractivity contribution in [2.45, 2.75) is 50.6 Å². The van der Waals surface area contributed by atoms with Gasteiger partial charge in [0.2, 0.25) is 0 Å². The highest BCUT2D eigenvalue weighted by atomic mass is 15.3. The molecule has 2 heteroatoms. The lowest BCUT2D eigenvalue weighted by Gasteiger charge is -2.16. The summed E-state index contributed by atoms with van der Waals surface area (Å²) in [6.07, 6.45) is 3.01. The van der Waals surface area contributed by atoms with Crippen molar-refractivity contribution in [1.29, 1.82) is 0 Å². The van der Waals surface area contributed by atoms with Gasteiger partial charge >= 0.3 is 0 Å². The first-order chi connectivity index (χ1) is 5.13. The van der Waals surface area contributed by atoms with Crippen molar-refractivity contribution in [1.82, 2.24) is 0 Å². The maximum atomic E-state index is 7.96. The molecule has 0 amide bonds. The van der Waals surface area contributed by atoms with Crippen molar-refractivity contribution in [2.75, 3.05) is 0 Å². The minimum Gasteiger partial charge on any atom is -0.187 e. The predicted octanol–water partition coefficient (Wildman–Crippen LogP) is 2.54. The Morgan fingerprint density at radius 2 is 2.30 bits per heavy atom. The van der Waals surface area contributed by atoms with Crippen LogP contribution in [0.5, 0.6) is 0 Å². The molecule has 0 unspecified atom stereocenters. The number of fused-ring (bicyclic) bond motifs is 2. The molecule has 0 radical (unpaired) electrons. The highest BCUT2D eigenvalue weighted by molar-refractivity contribution is 5.08. The SMILES string of the molecule is [2H][C@H]1[C@@]2(CC)CC[C@]1(C)N=N2. The van der Waals surface area contributed by atoms with Crippen LogP contribution in [-0.2, 0) is 0 Å². The molecule has 1 fully saturated rings. The van der Waals surface area contributed by atoms with Crippen LogP contribution in [0.2, 0.25) is 0 Å². The first-order valence-corrected chi connectivity index (χ1v) is 3.99. The van der Waals surface area contributed by atoms with Gasteiger partial charge in [0.05, 0.1) is 11.1 Å². The van der Waals surface area contributed by atoms with E-state index in [2.05, 4.69) is 24.1 Å². The third-order valence-corrected chi connectivity index (χ3v) is 2.73. The largest absolute Gasteiger partial charge is 0.187 e. The molecule has 56 valence electrons. The average molecular weight is 139 g/mol. The van der Waals surface area contributed by atoms with Gasteiger partial charge in [0, 0.05) is 7.77 Å². The summed E-state index contributed by atoms with van der Waals surface area (Å²) in [6, 6.07) is 0. The fourth-order valence-corrected chi connectivity index (χ4v) is 1.91. The van der Waals surface area contributed by atoms with Crippen LogP contribution in [0.3, 0.4) is 0 Å². The van der Waals surface area contributed by atoms with Crippen LogP contribution in [0.4, 0.5) is 0 Å². The summed E-state index contributed by atoms with van der Waals surface area (Å²) in [7, 11) is 0. The summed E-state index contributed by atoms with van der Waals surface area (Å²) in [5.74, 6) is 0. The van der Waals surface area contributed by atoms with E-state index in [0.29, 0.717) is 0 Å². The van der Waals surface area contributed by atoms with Crippen molar-refractivity contribution in [3.8, 4) is 0 Å². The number of nitrogens with zero attached hydrogens (tertiary/aromatic N) is 2. The van der Waals surface area contributed by atoms with Gasteiger partial charge in [-0.2, -0.15) is 10.2 Å². The Kier molecular flexibility index (Phi) is 0.846. The van der Waals surface area contributed by atoms with Crippen LogP contribution in [0, 0.1) is 0 Å². The maximum absolute atomic E-state index is 7.96. The van der Waals surface area contributed by atoms with Gasteiger partial charge in [-0.15, -0.1) is 0 Å². The Morgan fingerprint density at radius 1 is 1.50 bits per heavy atom. The molecular weight excluding hydrogens is 124 g/mol. The van der Waals surface area contributed by atoms with Gasteiger partial charge < -0.3 is 0 Å². The lowest BCUT2D eigenvalue weighted by molar-refractivity contribution is 0.426. The van der Waals surface area contributed by atoms with Gasteiger partial charge in [0.15, 0.2) is 0 Å². The Labute approximate surface area is 63.1 Å². The summed E-state index contributed by atoms with van der Waals surface area (Å²) < 4.78 is 7.96. The van der Waals surface area contributed by atoms with E-state index in [4.69, 9.17) is 1.37 Å². The molecule has 1 heterocycles. The smallest absolute Gasteiger partial charge is 0.0838 e. The van der Waals surface area contributed by atoms with E-state index in [1.54, 1.807) is 0 Å². The van der Waals surface area contributed by atoms with Gasteiger partial charge in [-0.1, -0.05) is 6.92 Å². The van der Waals surface area contributed by atoms with E-state index in [1.807, 2.05) is 0 Å². The highest BCUT2D eigenvalue weighted by Gasteiger charge is 2.49. The van der Waals surface area contributed by atoms with Gasteiger partial charge in [-0.05, 0) is 26.2 Å². The lowest BCUT2D eigenvalue weighted by atomic mass is 9.94. The average Bonchev–Trinajstić information content (AvgIpc) is 2.41. The standard InChI is InChI=1S/C8H14N2/c1-3-8-5-4-7(2,6-8)9-10-8/h3-6H2,1-2H3/t7-,8+/m0/s1/i6D/t6-,7+,8-/m1. The van der Waals surface area contributed by atoms with Crippen molar-refractivity contribution in [3.05, 3.63) is 0 Å². The predicted molar refractivity (Wildman–Crippen MR) is 40.1 cm³/mol. The summed E-state index contributed by atoms with van der Waals surface area (Å²) >= 11 is 0. The fraction of sp³-hybridized carbons (Fsp3) is 1.00. The maximum Gasteiger partial charge on any atom is 0.0838 e. The van der Waals surface area contributed by atoms with Crippen molar-refractivity contribution >= 4 is 0 Å². The summed E-state index contributed by atoms with van der Waals surface area (Å²) in [4.78, 5) is 0. The number of rotatable bonds is 1. The minimum absolute atomic E-state index is 0.0833. The topological polar surface area (TPSA) is 24.7 Å². The Balaban J connectivity index is 2.37. The number of hydrogen-bond donors (Lipinski definition) is 0. The minimum atomic E-state index is -0.143. The third kappa shape index (κ3) is 0.648. The van der Waals surface area contributed by atoms with Crippen molar-refractivity contribution in [2.24, 2.45) is 10.2 Å². The van der Waals surface area contributed by atoms with Crippen LogP contribution >= 0.6 is 0 Å². The highest BCUT2D eigenvalue weighted by Crippen LogP contribution is 2.50. The molecule has 2 nitrogen and oxygen atoms in total. The molecule has 3 atom stereocenters. The molecule has 0 aromatic heterocycles. The molecule has 0 aromatic rings. The second kappa shape index (κ2) is 1.60. The molecule has 10 heavy (non-hydrogen) atoms. The van der Waals surface area contributed by atoms with E-state index >= 15 is 0 Å². The first-order valence-electron chi connectivity index (χ1n) is 4.57.